The molecule has 0 radical (unpaired) electrons. The summed E-state index contributed by atoms with van der Waals surface area (Å²) in [7, 11) is 1.53. The topological polar surface area (TPSA) is 58.6 Å². The van der Waals surface area contributed by atoms with Gasteiger partial charge in [0.15, 0.2) is 0 Å². The summed E-state index contributed by atoms with van der Waals surface area (Å²) in [5.41, 5.74) is 2.94. The number of nitrogens with one attached hydrogen (secondary N) is 1. The molecule has 0 unspecified atom stereocenters. The Morgan fingerprint density at radius 2 is 1.58 bits per heavy atom. The lowest BCUT2D eigenvalue weighted by Crippen LogP contribution is -2.32. The highest BCUT2D eigenvalue weighted by atomic mass is 35.5. The van der Waals surface area contributed by atoms with Gasteiger partial charge in [-0.05, 0) is 54.4 Å². The zero-order chi connectivity index (χ0) is 22.1. The third kappa shape index (κ3) is 4.02. The number of carbonyl (C=O) groups is 2. The fraction of sp³-hybridized carbons (Fsp3) is 0.0833. The van der Waals surface area contributed by atoms with Crippen molar-refractivity contribution < 1.29 is 14.3 Å². The molecule has 0 saturated carbocycles. The van der Waals surface area contributed by atoms with E-state index in [-0.39, 0.29) is 11.3 Å². The Morgan fingerprint density at radius 1 is 0.871 bits per heavy atom. The van der Waals surface area contributed by atoms with Gasteiger partial charge in [-0.3, -0.25) is 9.59 Å². The Labute approximate surface area is 189 Å². The number of hydrogen-bond donors (Lipinski definition) is 1. The van der Waals surface area contributed by atoms with Crippen molar-refractivity contribution in [1.82, 2.24) is 0 Å². The van der Waals surface area contributed by atoms with Crippen molar-refractivity contribution in [3.05, 3.63) is 93.6 Å². The van der Waals surface area contributed by atoms with E-state index in [2.05, 4.69) is 5.32 Å². The molecule has 31 heavy (non-hydrogen) atoms. The maximum atomic E-state index is 13.5. The van der Waals surface area contributed by atoms with Crippen molar-refractivity contribution in [2.75, 3.05) is 17.3 Å². The number of imide groups is 1. The predicted octanol–water partition coefficient (Wildman–Crippen LogP) is 5.71. The lowest BCUT2D eigenvalue weighted by Gasteiger charge is -2.16. The highest BCUT2D eigenvalue weighted by Crippen LogP contribution is 2.36. The normalized spacial score (nSPS) is 13.7. The van der Waals surface area contributed by atoms with Crippen LogP contribution in [0.4, 0.5) is 11.4 Å². The van der Waals surface area contributed by atoms with E-state index >= 15 is 0 Å². The van der Waals surface area contributed by atoms with E-state index in [1.165, 1.54) is 7.11 Å². The number of rotatable bonds is 5. The summed E-state index contributed by atoms with van der Waals surface area (Å²) in [6.07, 6.45) is 0. The van der Waals surface area contributed by atoms with Gasteiger partial charge in [-0.25, -0.2) is 4.90 Å². The summed E-state index contributed by atoms with van der Waals surface area (Å²) in [4.78, 5) is 28.0. The molecule has 0 bridgehead atoms. The minimum absolute atomic E-state index is 0.167. The molecule has 0 aromatic heterocycles. The Morgan fingerprint density at radius 3 is 2.29 bits per heavy atom. The number of benzene rings is 3. The van der Waals surface area contributed by atoms with E-state index in [1.54, 1.807) is 60.7 Å². The zero-order valence-corrected chi connectivity index (χ0v) is 18.3. The lowest BCUT2D eigenvalue weighted by molar-refractivity contribution is -0.120. The Kier molecular flexibility index (Phi) is 5.72. The zero-order valence-electron chi connectivity index (χ0n) is 16.8. The molecular weight excluding hydrogens is 435 g/mol. The van der Waals surface area contributed by atoms with Gasteiger partial charge in [0.1, 0.15) is 11.4 Å². The number of aryl methyl sites for hydroxylation is 1. The van der Waals surface area contributed by atoms with E-state index in [1.807, 2.05) is 13.0 Å². The molecular formula is C24H18Cl2N2O3. The number of amides is 2. The van der Waals surface area contributed by atoms with Crippen LogP contribution in [0.2, 0.25) is 10.0 Å². The summed E-state index contributed by atoms with van der Waals surface area (Å²) >= 11 is 12.2. The van der Waals surface area contributed by atoms with Crippen LogP contribution in [0.3, 0.4) is 0 Å². The first-order valence-electron chi connectivity index (χ1n) is 9.45. The first kappa shape index (κ1) is 21.0. The first-order chi connectivity index (χ1) is 14.9. The summed E-state index contributed by atoms with van der Waals surface area (Å²) in [5.74, 6) is -0.372. The number of carbonyl (C=O) groups excluding carboxylic acids is 2. The predicted molar refractivity (Wildman–Crippen MR) is 124 cm³/mol. The number of anilines is 2. The Balaban J connectivity index is 1.84. The molecule has 1 heterocycles. The quantitative estimate of drug-likeness (QED) is 0.503. The van der Waals surface area contributed by atoms with Gasteiger partial charge in [0.05, 0.1) is 18.4 Å². The van der Waals surface area contributed by atoms with Gasteiger partial charge in [0.2, 0.25) is 0 Å². The second kappa shape index (κ2) is 8.46. The van der Waals surface area contributed by atoms with Crippen LogP contribution < -0.4 is 15.0 Å². The molecule has 1 aliphatic heterocycles. The summed E-state index contributed by atoms with van der Waals surface area (Å²) < 4.78 is 5.25. The molecule has 4 rings (SSSR count). The van der Waals surface area contributed by atoms with Gasteiger partial charge in [0.25, 0.3) is 11.8 Å². The van der Waals surface area contributed by atoms with Crippen LogP contribution in [0.15, 0.2) is 72.4 Å². The van der Waals surface area contributed by atoms with Gasteiger partial charge >= 0.3 is 0 Å². The van der Waals surface area contributed by atoms with Crippen molar-refractivity contribution in [2.24, 2.45) is 0 Å². The number of ether oxygens (including phenoxy) is 1. The molecule has 2 amide bonds. The molecule has 7 heteroatoms. The molecule has 0 saturated heterocycles. The van der Waals surface area contributed by atoms with Crippen LogP contribution in [0.1, 0.15) is 11.1 Å². The van der Waals surface area contributed by atoms with Crippen LogP contribution in [-0.4, -0.2) is 18.9 Å². The highest BCUT2D eigenvalue weighted by molar-refractivity contribution is 6.46. The highest BCUT2D eigenvalue weighted by Gasteiger charge is 2.40. The van der Waals surface area contributed by atoms with Gasteiger partial charge < -0.3 is 10.1 Å². The maximum Gasteiger partial charge on any atom is 0.282 e. The first-order valence-corrected chi connectivity index (χ1v) is 10.2. The van der Waals surface area contributed by atoms with Gasteiger partial charge in [-0.15, -0.1) is 0 Å². The van der Waals surface area contributed by atoms with Crippen molar-refractivity contribution in [3.63, 3.8) is 0 Å². The van der Waals surface area contributed by atoms with Crippen molar-refractivity contribution in [3.8, 4) is 5.75 Å². The minimum atomic E-state index is -0.470. The maximum absolute atomic E-state index is 13.5. The number of halogens is 2. The number of methoxy groups -OCH3 is 1. The van der Waals surface area contributed by atoms with Gasteiger partial charge in [-0.2, -0.15) is 0 Å². The van der Waals surface area contributed by atoms with E-state index in [0.717, 1.165) is 10.5 Å². The second-order valence-corrected chi connectivity index (χ2v) is 7.86. The molecule has 3 aromatic carbocycles. The van der Waals surface area contributed by atoms with Crippen molar-refractivity contribution >= 4 is 52.0 Å². The molecule has 0 spiro atoms. The molecule has 1 aliphatic rings. The number of nitrogens with zero attached hydrogens (tertiary/aromatic N) is 1. The van der Waals surface area contributed by atoms with Crippen molar-refractivity contribution in [2.45, 2.75) is 6.92 Å². The van der Waals surface area contributed by atoms with Crippen molar-refractivity contribution in [1.29, 1.82) is 0 Å². The van der Waals surface area contributed by atoms with Crippen LogP contribution in [-0.2, 0) is 9.59 Å². The molecule has 3 aromatic rings. The van der Waals surface area contributed by atoms with Crippen LogP contribution in [0.25, 0.3) is 5.57 Å². The third-order valence-electron chi connectivity index (χ3n) is 4.99. The SMILES string of the molecule is COc1cccc(N2C(=O)C(Nc3cc(Cl)ccc3C)=C(c3ccc(Cl)cc3)C2=O)c1. The van der Waals surface area contributed by atoms with E-state index in [0.29, 0.717) is 32.7 Å². The van der Waals surface area contributed by atoms with E-state index < -0.39 is 11.8 Å². The second-order valence-electron chi connectivity index (χ2n) is 6.99. The lowest BCUT2D eigenvalue weighted by atomic mass is 10.0. The standard InChI is InChI=1S/C24H18Cl2N2O3/c1-14-6-9-17(26)12-20(14)27-22-21(15-7-10-16(25)11-8-15)23(29)28(24(22)30)18-4-3-5-19(13-18)31-2/h3-13,27H,1-2H3. The fourth-order valence-corrected chi connectivity index (χ4v) is 3.68. The molecule has 0 aliphatic carbocycles. The average Bonchev–Trinajstić information content (AvgIpc) is 3.01. The molecule has 156 valence electrons. The average molecular weight is 453 g/mol. The fourth-order valence-electron chi connectivity index (χ4n) is 3.38. The third-order valence-corrected chi connectivity index (χ3v) is 5.47. The van der Waals surface area contributed by atoms with Crippen LogP contribution >= 0.6 is 23.2 Å². The molecule has 0 atom stereocenters. The summed E-state index contributed by atoms with van der Waals surface area (Å²) in [6.45, 7) is 1.89. The van der Waals surface area contributed by atoms with Gasteiger partial charge in [-0.1, -0.05) is 47.5 Å². The van der Waals surface area contributed by atoms with Gasteiger partial charge in [0, 0.05) is 21.8 Å². The Bertz CT molecular complexity index is 1220. The minimum Gasteiger partial charge on any atom is -0.497 e. The van der Waals surface area contributed by atoms with E-state index in [9.17, 15) is 9.59 Å². The monoisotopic (exact) mass is 452 g/mol. The largest absolute Gasteiger partial charge is 0.497 e. The molecule has 0 fully saturated rings. The molecule has 5 nitrogen and oxygen atoms in total. The van der Waals surface area contributed by atoms with Crippen LogP contribution in [0.5, 0.6) is 5.75 Å². The summed E-state index contributed by atoms with van der Waals surface area (Å²) in [5, 5.41) is 4.19. The van der Waals surface area contributed by atoms with Crippen LogP contribution in [0, 0.1) is 6.92 Å². The number of hydrogen-bond acceptors (Lipinski definition) is 4. The Hall–Kier alpha value is -3.28. The molecule has 1 N–H and O–H groups in total. The summed E-state index contributed by atoms with van der Waals surface area (Å²) in [6, 6.07) is 18.9. The smallest absolute Gasteiger partial charge is 0.282 e. The van der Waals surface area contributed by atoms with E-state index in [4.69, 9.17) is 27.9 Å².